The highest BCUT2D eigenvalue weighted by Crippen LogP contribution is 2.33. The number of esters is 1. The Bertz CT molecular complexity index is 767. The molecule has 0 aliphatic carbocycles. The Hall–Kier alpha value is -1.84. The van der Waals surface area contributed by atoms with Crippen molar-refractivity contribution in [3.8, 4) is 5.75 Å². The van der Waals surface area contributed by atoms with E-state index in [1.54, 1.807) is 30.1 Å². The summed E-state index contributed by atoms with van der Waals surface area (Å²) in [4.78, 5) is 15.7. The Kier molecular flexibility index (Phi) is 4.90. The molecule has 1 saturated heterocycles. The van der Waals surface area contributed by atoms with Crippen LogP contribution in [0.15, 0.2) is 23.1 Å². The molecular formula is C16H23N3O5S. The third kappa shape index (κ3) is 3.58. The maximum Gasteiger partial charge on any atom is 0.323 e. The molecule has 3 rings (SSSR count). The van der Waals surface area contributed by atoms with E-state index in [1.165, 1.54) is 7.11 Å². The van der Waals surface area contributed by atoms with Crippen LogP contribution in [0.2, 0.25) is 0 Å². The molecule has 25 heavy (non-hydrogen) atoms. The highest BCUT2D eigenvalue weighted by Gasteiger charge is 2.37. The zero-order valence-corrected chi connectivity index (χ0v) is 15.4. The predicted molar refractivity (Wildman–Crippen MR) is 92.4 cm³/mol. The van der Waals surface area contributed by atoms with Gasteiger partial charge in [-0.1, -0.05) is 0 Å². The van der Waals surface area contributed by atoms with Crippen LogP contribution >= 0.6 is 0 Å². The van der Waals surface area contributed by atoms with Gasteiger partial charge in [-0.15, -0.1) is 0 Å². The molecule has 0 spiro atoms. The van der Waals surface area contributed by atoms with Crippen molar-refractivity contribution in [3.63, 3.8) is 0 Å². The molecule has 2 atom stereocenters. The lowest BCUT2D eigenvalue weighted by Crippen LogP contribution is -2.36. The molecule has 2 heterocycles. The quantitative estimate of drug-likeness (QED) is 0.750. The van der Waals surface area contributed by atoms with Crippen molar-refractivity contribution in [3.05, 3.63) is 18.2 Å². The molecule has 1 aromatic rings. The summed E-state index contributed by atoms with van der Waals surface area (Å²) < 4.78 is 38.4. The van der Waals surface area contributed by atoms with E-state index in [9.17, 15) is 13.2 Å². The standard InChI is InChI=1S/C16H23N3O5S/c1-18-6-7-24-15-9-12(4-5-13(15)18)25(21,22)17-11-8-14(16(20)23-3)19(2)10-11/h4-5,9,11,14,17H,6-8,10H2,1-3H3/t11-,14+/m1/s1. The number of carbonyl (C=O) groups is 1. The number of benzene rings is 1. The van der Waals surface area contributed by atoms with Crippen LogP contribution in [-0.2, 0) is 19.6 Å². The smallest absolute Gasteiger partial charge is 0.323 e. The number of rotatable bonds is 4. The van der Waals surface area contributed by atoms with Crippen molar-refractivity contribution < 1.29 is 22.7 Å². The van der Waals surface area contributed by atoms with Gasteiger partial charge in [0.1, 0.15) is 18.4 Å². The molecule has 0 bridgehead atoms. The molecule has 8 nitrogen and oxygen atoms in total. The molecule has 0 unspecified atom stereocenters. The second kappa shape index (κ2) is 6.81. The van der Waals surface area contributed by atoms with Crippen LogP contribution in [0.5, 0.6) is 5.75 Å². The molecule has 0 aromatic heterocycles. The third-order valence-electron chi connectivity index (χ3n) is 4.68. The van der Waals surface area contributed by atoms with E-state index in [4.69, 9.17) is 9.47 Å². The molecule has 0 saturated carbocycles. The van der Waals surface area contributed by atoms with Gasteiger partial charge in [0.25, 0.3) is 0 Å². The fourth-order valence-electron chi connectivity index (χ4n) is 3.29. The maximum absolute atomic E-state index is 12.7. The summed E-state index contributed by atoms with van der Waals surface area (Å²) in [5.41, 5.74) is 0.872. The minimum atomic E-state index is -3.70. The molecule has 1 fully saturated rings. The topological polar surface area (TPSA) is 88.2 Å². The minimum Gasteiger partial charge on any atom is -0.490 e. The van der Waals surface area contributed by atoms with Crippen molar-refractivity contribution in [2.45, 2.75) is 23.4 Å². The van der Waals surface area contributed by atoms with Gasteiger partial charge in [0.2, 0.25) is 10.0 Å². The Balaban J connectivity index is 1.76. The average Bonchev–Trinajstić information content (AvgIpc) is 2.93. The third-order valence-corrected chi connectivity index (χ3v) is 6.20. The zero-order chi connectivity index (χ0) is 18.2. The van der Waals surface area contributed by atoms with Crippen LogP contribution in [0.1, 0.15) is 6.42 Å². The van der Waals surface area contributed by atoms with Crippen molar-refractivity contribution in [2.75, 3.05) is 45.8 Å². The number of carbonyl (C=O) groups excluding carboxylic acids is 1. The highest BCUT2D eigenvalue weighted by molar-refractivity contribution is 7.89. The Morgan fingerprint density at radius 2 is 2.12 bits per heavy atom. The Labute approximate surface area is 147 Å². The average molecular weight is 369 g/mol. The van der Waals surface area contributed by atoms with Gasteiger partial charge in [0.15, 0.2) is 0 Å². The van der Waals surface area contributed by atoms with Gasteiger partial charge in [-0.2, -0.15) is 0 Å². The number of nitrogens with one attached hydrogen (secondary N) is 1. The van der Waals surface area contributed by atoms with Gasteiger partial charge >= 0.3 is 5.97 Å². The number of fused-ring (bicyclic) bond motifs is 1. The lowest BCUT2D eigenvalue weighted by atomic mass is 10.2. The lowest BCUT2D eigenvalue weighted by molar-refractivity contribution is -0.145. The van der Waals surface area contributed by atoms with E-state index in [2.05, 4.69) is 4.72 Å². The number of sulfonamides is 1. The molecule has 9 heteroatoms. The summed E-state index contributed by atoms with van der Waals surface area (Å²) >= 11 is 0. The largest absolute Gasteiger partial charge is 0.490 e. The minimum absolute atomic E-state index is 0.158. The summed E-state index contributed by atoms with van der Waals surface area (Å²) in [6, 6.07) is 4.09. The van der Waals surface area contributed by atoms with Crippen LogP contribution in [0.4, 0.5) is 5.69 Å². The first-order valence-corrected chi connectivity index (χ1v) is 9.58. The van der Waals surface area contributed by atoms with Crippen LogP contribution in [-0.4, -0.2) is 72.3 Å². The van der Waals surface area contributed by atoms with Gasteiger partial charge in [0, 0.05) is 25.7 Å². The van der Waals surface area contributed by atoms with Crippen LogP contribution < -0.4 is 14.4 Å². The van der Waals surface area contributed by atoms with Gasteiger partial charge in [-0.3, -0.25) is 9.69 Å². The fraction of sp³-hybridized carbons (Fsp3) is 0.562. The summed E-state index contributed by atoms with van der Waals surface area (Å²) in [6.07, 6.45) is 0.382. The maximum atomic E-state index is 12.7. The predicted octanol–water partition coefficient (Wildman–Crippen LogP) is 0.0392. The molecule has 0 amide bonds. The number of hydrogen-bond donors (Lipinski definition) is 1. The lowest BCUT2D eigenvalue weighted by Gasteiger charge is -2.28. The molecule has 1 aromatic carbocycles. The molecule has 2 aliphatic heterocycles. The number of hydrogen-bond acceptors (Lipinski definition) is 7. The van der Waals surface area contributed by atoms with Gasteiger partial charge in [0.05, 0.1) is 24.2 Å². The van der Waals surface area contributed by atoms with E-state index in [-0.39, 0.29) is 16.9 Å². The van der Waals surface area contributed by atoms with Crippen molar-refractivity contribution in [2.24, 2.45) is 0 Å². The summed E-state index contributed by atoms with van der Waals surface area (Å²) in [5, 5.41) is 0. The van der Waals surface area contributed by atoms with E-state index in [0.717, 1.165) is 12.2 Å². The first-order valence-electron chi connectivity index (χ1n) is 8.10. The number of nitrogens with zero attached hydrogens (tertiary/aromatic N) is 2. The van der Waals surface area contributed by atoms with Crippen molar-refractivity contribution in [1.29, 1.82) is 0 Å². The second-order valence-electron chi connectivity index (χ2n) is 6.43. The Morgan fingerprint density at radius 1 is 1.36 bits per heavy atom. The van der Waals surface area contributed by atoms with Crippen molar-refractivity contribution >= 4 is 21.7 Å². The van der Waals surface area contributed by atoms with Crippen LogP contribution in [0, 0.1) is 0 Å². The van der Waals surface area contributed by atoms with E-state index in [1.807, 2.05) is 11.9 Å². The van der Waals surface area contributed by atoms with E-state index < -0.39 is 16.1 Å². The van der Waals surface area contributed by atoms with E-state index >= 15 is 0 Å². The summed E-state index contributed by atoms with van der Waals surface area (Å²) in [6.45, 7) is 1.73. The number of ether oxygens (including phenoxy) is 2. The van der Waals surface area contributed by atoms with Crippen molar-refractivity contribution in [1.82, 2.24) is 9.62 Å². The van der Waals surface area contributed by atoms with Gasteiger partial charge < -0.3 is 14.4 Å². The number of methoxy groups -OCH3 is 1. The number of likely N-dealkylation sites (tertiary alicyclic amines) is 1. The SMILES string of the molecule is COC(=O)[C@@H]1C[C@@H](NS(=O)(=O)c2ccc3c(c2)OCCN3C)CN1C. The van der Waals surface area contributed by atoms with Gasteiger partial charge in [-0.25, -0.2) is 13.1 Å². The molecule has 2 aliphatic rings. The highest BCUT2D eigenvalue weighted by atomic mass is 32.2. The summed E-state index contributed by atoms with van der Waals surface area (Å²) in [7, 11) is 1.35. The molecule has 0 radical (unpaired) electrons. The first kappa shape index (κ1) is 18.0. The van der Waals surface area contributed by atoms with Crippen LogP contribution in [0.25, 0.3) is 0 Å². The molecule has 1 N–H and O–H groups in total. The zero-order valence-electron chi connectivity index (χ0n) is 14.6. The van der Waals surface area contributed by atoms with Gasteiger partial charge in [-0.05, 0) is 25.6 Å². The van der Waals surface area contributed by atoms with E-state index in [0.29, 0.717) is 25.3 Å². The Morgan fingerprint density at radius 3 is 2.84 bits per heavy atom. The molecular weight excluding hydrogens is 346 g/mol. The summed E-state index contributed by atoms with van der Waals surface area (Å²) in [5.74, 6) is 0.210. The second-order valence-corrected chi connectivity index (χ2v) is 8.15. The fourth-order valence-corrected chi connectivity index (χ4v) is 4.54. The van der Waals surface area contributed by atoms with Crippen LogP contribution in [0.3, 0.4) is 0 Å². The molecule has 138 valence electrons. The number of anilines is 1. The first-order chi connectivity index (χ1) is 11.8. The number of likely N-dealkylation sites (N-methyl/N-ethyl adjacent to an activating group) is 2. The monoisotopic (exact) mass is 369 g/mol. The normalized spacial score (nSPS) is 23.9.